The number of carbonyl (C=O) groups is 1. The Morgan fingerprint density at radius 1 is 1.00 bits per heavy atom. The highest BCUT2D eigenvalue weighted by atomic mass is 32.2. The molecular weight excluding hydrogens is 328 g/mol. The molecule has 1 amide bonds. The van der Waals surface area contributed by atoms with Gasteiger partial charge in [0.25, 0.3) is 0 Å². The van der Waals surface area contributed by atoms with Gasteiger partial charge in [-0.25, -0.2) is 0 Å². The number of nitrogens with zero attached hydrogens (tertiary/aromatic N) is 1. The Morgan fingerprint density at radius 3 is 2.44 bits per heavy atom. The summed E-state index contributed by atoms with van der Waals surface area (Å²) >= 11 is 1.69. The van der Waals surface area contributed by atoms with Gasteiger partial charge in [-0.1, -0.05) is 42.1 Å². The van der Waals surface area contributed by atoms with E-state index in [1.807, 2.05) is 36.4 Å². The van der Waals surface area contributed by atoms with E-state index in [4.69, 9.17) is 0 Å². The number of amides is 1. The maximum absolute atomic E-state index is 12.6. The highest BCUT2D eigenvalue weighted by molar-refractivity contribution is 7.99. The van der Waals surface area contributed by atoms with Gasteiger partial charge in [0.05, 0.1) is 12.2 Å². The molecule has 0 radical (unpaired) electrons. The van der Waals surface area contributed by atoms with Crippen LogP contribution >= 0.6 is 11.8 Å². The molecule has 0 spiro atoms. The molecular formula is C21H24N2OS. The van der Waals surface area contributed by atoms with E-state index in [1.54, 1.807) is 11.8 Å². The number of nitrogens with one attached hydrogen (secondary N) is 1. The van der Waals surface area contributed by atoms with Gasteiger partial charge in [0.2, 0.25) is 5.91 Å². The highest BCUT2D eigenvalue weighted by Crippen LogP contribution is 2.35. The van der Waals surface area contributed by atoms with Crippen molar-refractivity contribution in [3.05, 3.63) is 54.6 Å². The monoisotopic (exact) mass is 352 g/mol. The van der Waals surface area contributed by atoms with Gasteiger partial charge in [0, 0.05) is 22.4 Å². The topological polar surface area (TPSA) is 32.3 Å². The van der Waals surface area contributed by atoms with Crippen LogP contribution in [0.3, 0.4) is 0 Å². The van der Waals surface area contributed by atoms with E-state index >= 15 is 0 Å². The van der Waals surface area contributed by atoms with Crippen molar-refractivity contribution in [2.75, 3.05) is 18.4 Å². The van der Waals surface area contributed by atoms with Gasteiger partial charge in [0.1, 0.15) is 0 Å². The third-order valence-electron chi connectivity index (χ3n) is 4.73. The van der Waals surface area contributed by atoms with Crippen molar-refractivity contribution in [2.45, 2.75) is 41.5 Å². The quantitative estimate of drug-likeness (QED) is 0.750. The van der Waals surface area contributed by atoms with Crippen molar-refractivity contribution in [3.63, 3.8) is 0 Å². The molecule has 2 fully saturated rings. The molecule has 0 aromatic heterocycles. The molecule has 0 aliphatic heterocycles. The van der Waals surface area contributed by atoms with E-state index in [9.17, 15) is 4.79 Å². The van der Waals surface area contributed by atoms with Gasteiger partial charge in [-0.05, 0) is 55.9 Å². The molecule has 2 aromatic rings. The summed E-state index contributed by atoms with van der Waals surface area (Å²) in [5.74, 6) is 0.933. The number of hydrogen-bond donors (Lipinski definition) is 1. The van der Waals surface area contributed by atoms with Gasteiger partial charge in [-0.3, -0.25) is 9.69 Å². The summed E-state index contributed by atoms with van der Waals surface area (Å²) in [5.41, 5.74) is 0.906. The smallest absolute Gasteiger partial charge is 0.238 e. The summed E-state index contributed by atoms with van der Waals surface area (Å²) < 4.78 is 0. The van der Waals surface area contributed by atoms with Gasteiger partial charge in [0.15, 0.2) is 0 Å². The Hall–Kier alpha value is -1.78. The van der Waals surface area contributed by atoms with Crippen LogP contribution in [0.25, 0.3) is 0 Å². The number of anilines is 1. The minimum Gasteiger partial charge on any atom is -0.324 e. The minimum atomic E-state index is 0.105. The number of benzene rings is 2. The molecule has 4 heteroatoms. The van der Waals surface area contributed by atoms with Crippen molar-refractivity contribution < 1.29 is 4.79 Å². The Bertz CT molecular complexity index is 726. The number of rotatable bonds is 8. The Morgan fingerprint density at radius 2 is 1.72 bits per heavy atom. The first-order chi connectivity index (χ1) is 12.3. The zero-order valence-corrected chi connectivity index (χ0v) is 15.2. The fourth-order valence-electron chi connectivity index (χ4n) is 3.06. The third-order valence-corrected chi connectivity index (χ3v) is 5.82. The van der Waals surface area contributed by atoms with Crippen LogP contribution in [-0.4, -0.2) is 29.9 Å². The summed E-state index contributed by atoms with van der Waals surface area (Å²) in [7, 11) is 0. The predicted octanol–water partition coefficient (Wildman–Crippen LogP) is 4.65. The van der Waals surface area contributed by atoms with Crippen LogP contribution in [0.2, 0.25) is 0 Å². The lowest BCUT2D eigenvalue weighted by atomic mass is 10.3. The molecule has 2 aliphatic rings. The van der Waals surface area contributed by atoms with Gasteiger partial charge in [-0.2, -0.15) is 0 Å². The zero-order chi connectivity index (χ0) is 17.1. The highest BCUT2D eigenvalue weighted by Gasteiger charge is 2.34. The molecule has 0 heterocycles. The molecule has 3 nitrogen and oxygen atoms in total. The van der Waals surface area contributed by atoms with Crippen LogP contribution in [0, 0.1) is 5.92 Å². The second-order valence-electron chi connectivity index (χ2n) is 7.06. The van der Waals surface area contributed by atoms with Gasteiger partial charge < -0.3 is 5.32 Å². The van der Waals surface area contributed by atoms with E-state index < -0.39 is 0 Å². The molecule has 25 heavy (non-hydrogen) atoms. The largest absolute Gasteiger partial charge is 0.324 e. The Kier molecular flexibility index (Phi) is 5.09. The van der Waals surface area contributed by atoms with Crippen LogP contribution in [0.1, 0.15) is 25.7 Å². The lowest BCUT2D eigenvalue weighted by Gasteiger charge is -2.21. The van der Waals surface area contributed by atoms with Crippen molar-refractivity contribution in [1.29, 1.82) is 0 Å². The maximum Gasteiger partial charge on any atom is 0.238 e. The molecule has 0 atom stereocenters. The minimum absolute atomic E-state index is 0.105. The molecule has 2 aliphatic carbocycles. The van der Waals surface area contributed by atoms with E-state index in [0.29, 0.717) is 12.6 Å². The van der Waals surface area contributed by atoms with Crippen molar-refractivity contribution in [2.24, 2.45) is 5.92 Å². The first-order valence-corrected chi connectivity index (χ1v) is 9.95. The molecule has 0 bridgehead atoms. The molecule has 2 saturated carbocycles. The van der Waals surface area contributed by atoms with Crippen LogP contribution in [0.5, 0.6) is 0 Å². The standard InChI is InChI=1S/C21H24N2OS/c24-21(15-23(17-12-13-17)14-16-10-11-16)22-19-8-4-5-9-20(19)25-18-6-2-1-3-7-18/h1-9,16-17H,10-15H2,(H,22,24). The Balaban J connectivity index is 1.40. The molecule has 0 saturated heterocycles. The van der Waals surface area contributed by atoms with Crippen LogP contribution in [-0.2, 0) is 4.79 Å². The van der Waals surface area contributed by atoms with E-state index in [1.165, 1.54) is 30.6 Å². The average molecular weight is 353 g/mol. The number of carbonyl (C=O) groups excluding carboxylic acids is 1. The van der Waals surface area contributed by atoms with E-state index in [-0.39, 0.29) is 5.91 Å². The summed E-state index contributed by atoms with van der Waals surface area (Å²) in [6, 6.07) is 19.0. The second-order valence-corrected chi connectivity index (χ2v) is 8.18. The van der Waals surface area contributed by atoms with Crippen LogP contribution in [0.15, 0.2) is 64.4 Å². The maximum atomic E-state index is 12.6. The van der Waals surface area contributed by atoms with Gasteiger partial charge >= 0.3 is 0 Å². The normalized spacial score (nSPS) is 16.8. The van der Waals surface area contributed by atoms with Crippen LogP contribution in [0.4, 0.5) is 5.69 Å². The SMILES string of the molecule is O=C(CN(CC1CC1)C1CC1)Nc1ccccc1Sc1ccccc1. The molecule has 0 unspecified atom stereocenters. The first-order valence-electron chi connectivity index (χ1n) is 9.14. The second kappa shape index (κ2) is 7.63. The van der Waals surface area contributed by atoms with Crippen molar-refractivity contribution >= 4 is 23.4 Å². The summed E-state index contributed by atoms with van der Waals surface area (Å²) in [5, 5.41) is 3.14. The fraction of sp³-hybridized carbons (Fsp3) is 0.381. The summed E-state index contributed by atoms with van der Waals surface area (Å²) in [6.07, 6.45) is 5.17. The zero-order valence-electron chi connectivity index (χ0n) is 14.4. The van der Waals surface area contributed by atoms with E-state index in [2.05, 4.69) is 28.4 Å². The van der Waals surface area contributed by atoms with E-state index in [0.717, 1.165) is 23.0 Å². The van der Waals surface area contributed by atoms with Crippen molar-refractivity contribution in [1.82, 2.24) is 4.90 Å². The molecule has 130 valence electrons. The molecule has 2 aromatic carbocycles. The molecule has 4 rings (SSSR count). The lowest BCUT2D eigenvalue weighted by molar-refractivity contribution is -0.117. The average Bonchev–Trinajstić information content (AvgIpc) is 3.51. The fourth-order valence-corrected chi connectivity index (χ4v) is 3.99. The summed E-state index contributed by atoms with van der Waals surface area (Å²) in [6.45, 7) is 1.62. The summed E-state index contributed by atoms with van der Waals surface area (Å²) in [4.78, 5) is 17.3. The number of para-hydroxylation sites is 1. The Labute approximate surface area is 153 Å². The van der Waals surface area contributed by atoms with Crippen LogP contribution < -0.4 is 5.32 Å². The lowest BCUT2D eigenvalue weighted by Crippen LogP contribution is -2.36. The number of hydrogen-bond acceptors (Lipinski definition) is 3. The molecule has 1 N–H and O–H groups in total. The van der Waals surface area contributed by atoms with Gasteiger partial charge in [-0.15, -0.1) is 0 Å². The predicted molar refractivity (Wildman–Crippen MR) is 103 cm³/mol. The van der Waals surface area contributed by atoms with Crippen molar-refractivity contribution in [3.8, 4) is 0 Å². The third kappa shape index (κ3) is 4.86. The first kappa shape index (κ1) is 16.7.